The highest BCUT2D eigenvalue weighted by molar-refractivity contribution is 7.91. The van der Waals surface area contributed by atoms with Crippen LogP contribution in [0.5, 0.6) is 0 Å². The monoisotopic (exact) mass is 462 g/mol. The van der Waals surface area contributed by atoms with E-state index in [9.17, 15) is 22.0 Å². The van der Waals surface area contributed by atoms with E-state index in [0.29, 0.717) is 11.1 Å². The van der Waals surface area contributed by atoms with Gasteiger partial charge in [0.05, 0.1) is 12.1 Å². The number of rotatable bonds is 6. The highest BCUT2D eigenvalue weighted by atomic mass is 32.2. The molecule has 1 amide bonds. The van der Waals surface area contributed by atoms with Crippen LogP contribution in [-0.2, 0) is 21.2 Å². The Morgan fingerprint density at radius 1 is 1.23 bits per heavy atom. The molecule has 0 aliphatic heterocycles. The standard InChI is InChI=1S/C20H16F2N4O3S2/c1-12-19(31(28,29)25-23-2)30-20(24-12)26(3)18(27)10-13-4-6-14(7-5-13)16-11-15(21)8-9-17(16)22/h4-9,11,25H,10H2,1,3H3. The van der Waals surface area contributed by atoms with Gasteiger partial charge in [0, 0.05) is 12.6 Å². The normalized spacial score (nSPS) is 11.1. The van der Waals surface area contributed by atoms with Crippen LogP contribution < -0.4 is 9.73 Å². The predicted molar refractivity (Wildman–Crippen MR) is 113 cm³/mol. The Kier molecular flexibility index (Phi) is 6.33. The average Bonchev–Trinajstić information content (AvgIpc) is 3.12. The lowest BCUT2D eigenvalue weighted by Gasteiger charge is -2.14. The van der Waals surface area contributed by atoms with Crippen molar-refractivity contribution < 1.29 is 22.0 Å². The third-order valence-electron chi connectivity index (χ3n) is 4.36. The van der Waals surface area contributed by atoms with Crippen molar-refractivity contribution in [3.63, 3.8) is 0 Å². The second kappa shape index (κ2) is 8.79. The van der Waals surface area contributed by atoms with Gasteiger partial charge in [0.25, 0.3) is 0 Å². The first-order chi connectivity index (χ1) is 14.6. The summed E-state index contributed by atoms with van der Waals surface area (Å²) in [5, 5.41) is 0.173. The molecule has 1 heterocycles. The van der Waals surface area contributed by atoms with Gasteiger partial charge in [-0.1, -0.05) is 35.6 Å². The number of likely N-dealkylation sites (N-methyl/N-ethyl adjacent to an activating group) is 1. The number of sulfonamides is 1. The summed E-state index contributed by atoms with van der Waals surface area (Å²) in [7, 11) is -2.55. The molecule has 0 aliphatic rings. The summed E-state index contributed by atoms with van der Waals surface area (Å²) in [6.45, 7) is 8.14. The number of hydrogen-bond acceptors (Lipinski definition) is 5. The van der Waals surface area contributed by atoms with E-state index in [1.807, 2.05) is 0 Å². The lowest BCUT2D eigenvalue weighted by Crippen LogP contribution is -2.27. The number of anilines is 1. The van der Waals surface area contributed by atoms with Crippen molar-refractivity contribution in [3.05, 3.63) is 76.9 Å². The van der Waals surface area contributed by atoms with Crippen LogP contribution in [0.3, 0.4) is 0 Å². The lowest BCUT2D eigenvalue weighted by molar-refractivity contribution is -0.117. The Morgan fingerprint density at radius 3 is 2.55 bits per heavy atom. The van der Waals surface area contributed by atoms with Crippen LogP contribution in [0.1, 0.15) is 11.3 Å². The van der Waals surface area contributed by atoms with Crippen molar-refractivity contribution >= 4 is 32.4 Å². The Bertz CT molecular complexity index is 1280. The van der Waals surface area contributed by atoms with E-state index in [1.54, 1.807) is 29.1 Å². The molecule has 0 radical (unpaired) electrons. The van der Waals surface area contributed by atoms with Gasteiger partial charge in [-0.3, -0.25) is 9.69 Å². The largest absolute Gasteiger partial charge is 0.328 e. The van der Waals surface area contributed by atoms with Crippen molar-refractivity contribution in [3.8, 4) is 11.1 Å². The van der Waals surface area contributed by atoms with Crippen LogP contribution in [0.2, 0.25) is 0 Å². The van der Waals surface area contributed by atoms with Gasteiger partial charge in [0.2, 0.25) is 5.91 Å². The molecular weight excluding hydrogens is 446 g/mol. The van der Waals surface area contributed by atoms with Crippen LogP contribution in [0.25, 0.3) is 16.1 Å². The molecule has 160 valence electrons. The zero-order valence-corrected chi connectivity index (χ0v) is 18.0. The number of nitrogens with zero attached hydrogens (tertiary/aromatic N) is 3. The molecule has 1 aromatic heterocycles. The number of halogens is 2. The van der Waals surface area contributed by atoms with Crippen LogP contribution in [-0.4, -0.2) is 26.4 Å². The zero-order chi connectivity index (χ0) is 22.8. The molecule has 7 nitrogen and oxygen atoms in total. The van der Waals surface area contributed by atoms with Gasteiger partial charge in [-0.15, -0.1) is 4.95 Å². The average molecular weight is 463 g/mol. The first-order valence-corrected chi connectivity index (χ1v) is 11.1. The van der Waals surface area contributed by atoms with Gasteiger partial charge in [-0.2, -0.15) is 15.0 Å². The minimum Gasteiger partial charge on any atom is -0.291 e. The summed E-state index contributed by atoms with van der Waals surface area (Å²) in [5.74, 6) is -1.45. The molecule has 0 saturated heterocycles. The quantitative estimate of drug-likeness (QED) is 0.447. The summed E-state index contributed by atoms with van der Waals surface area (Å²) in [6, 6.07) is 9.64. The fourth-order valence-corrected chi connectivity index (χ4v) is 4.98. The van der Waals surface area contributed by atoms with Crippen molar-refractivity contribution in [2.45, 2.75) is 17.6 Å². The van der Waals surface area contributed by atoms with E-state index < -0.39 is 21.7 Å². The maximum atomic E-state index is 13.9. The second-order valence-corrected chi connectivity index (χ2v) is 9.36. The molecule has 0 spiro atoms. The lowest BCUT2D eigenvalue weighted by atomic mass is 10.0. The topological polar surface area (TPSA) is 83.7 Å². The Labute approximate surface area is 181 Å². The number of thiazole rings is 1. The van der Waals surface area contributed by atoms with Crippen molar-refractivity contribution in [1.82, 2.24) is 9.82 Å². The molecular formula is C20H16F2N4O3S2. The van der Waals surface area contributed by atoms with Gasteiger partial charge < -0.3 is 0 Å². The molecule has 31 heavy (non-hydrogen) atoms. The van der Waals surface area contributed by atoms with E-state index in [1.165, 1.54) is 18.9 Å². The number of nitrogens with one attached hydrogen (secondary N) is 1. The smallest absolute Gasteiger partial charge is 0.291 e. The summed E-state index contributed by atoms with van der Waals surface area (Å²) in [4.78, 5) is 22.4. The molecule has 0 atom stereocenters. The molecule has 0 unspecified atom stereocenters. The number of carbonyl (C=O) groups excluding carboxylic acids is 1. The highest BCUT2D eigenvalue weighted by Gasteiger charge is 2.26. The maximum Gasteiger partial charge on any atom is 0.328 e. The Hall–Kier alpha value is -3.36. The summed E-state index contributed by atoms with van der Waals surface area (Å²) in [5.41, 5.74) is 1.40. The fourth-order valence-electron chi connectivity index (χ4n) is 2.78. The molecule has 11 heteroatoms. The number of amides is 1. The first-order valence-electron chi connectivity index (χ1n) is 8.79. The highest BCUT2D eigenvalue weighted by Crippen LogP contribution is 2.30. The van der Waals surface area contributed by atoms with E-state index in [0.717, 1.165) is 29.5 Å². The van der Waals surface area contributed by atoms with E-state index in [-0.39, 0.29) is 32.9 Å². The maximum absolute atomic E-state index is 13.9. The summed E-state index contributed by atoms with van der Waals surface area (Å²) in [6.07, 6.45) is -0.0105. The number of carbonyl (C=O) groups is 1. The Morgan fingerprint density at radius 2 is 1.90 bits per heavy atom. The van der Waals surface area contributed by atoms with E-state index in [2.05, 4.69) is 9.94 Å². The van der Waals surface area contributed by atoms with Gasteiger partial charge in [0.15, 0.2) is 9.34 Å². The third-order valence-corrected chi connectivity index (χ3v) is 7.41. The van der Waals surface area contributed by atoms with Crippen LogP contribution in [0.15, 0.2) is 46.7 Å². The van der Waals surface area contributed by atoms with E-state index in [4.69, 9.17) is 6.57 Å². The van der Waals surface area contributed by atoms with Crippen LogP contribution >= 0.6 is 11.3 Å². The van der Waals surface area contributed by atoms with Crippen LogP contribution in [0.4, 0.5) is 13.9 Å². The number of aromatic nitrogens is 1. The van der Waals surface area contributed by atoms with E-state index >= 15 is 0 Å². The molecule has 0 fully saturated rings. The van der Waals surface area contributed by atoms with Crippen LogP contribution in [0, 0.1) is 25.1 Å². The summed E-state index contributed by atoms with van der Waals surface area (Å²) < 4.78 is 51.3. The van der Waals surface area contributed by atoms with Gasteiger partial charge >= 0.3 is 10.0 Å². The molecule has 3 aromatic rings. The molecule has 0 bridgehead atoms. The SMILES string of the molecule is [C-]#[N+]NS(=O)(=O)c1sc(N(C)C(=O)Cc2ccc(-c3cc(F)ccc3F)cc2)nc1C. The number of hydrogen-bond donors (Lipinski definition) is 1. The Balaban J connectivity index is 1.76. The van der Waals surface area contributed by atoms with Crippen molar-refractivity contribution in [2.24, 2.45) is 0 Å². The summed E-state index contributed by atoms with van der Waals surface area (Å²) >= 11 is 0.779. The molecule has 1 N–H and O–H groups in total. The first kappa shape index (κ1) is 22.3. The number of aryl methyl sites for hydroxylation is 1. The van der Waals surface area contributed by atoms with Crippen molar-refractivity contribution in [2.75, 3.05) is 11.9 Å². The minimum absolute atomic E-state index is 0.0105. The molecule has 2 aromatic carbocycles. The molecule has 0 aliphatic carbocycles. The second-order valence-electron chi connectivity index (χ2n) is 6.53. The molecule has 3 rings (SSSR count). The third kappa shape index (κ3) is 4.87. The zero-order valence-electron chi connectivity index (χ0n) is 16.4. The fraction of sp³-hybridized carbons (Fsp3) is 0.150. The number of benzene rings is 2. The van der Waals surface area contributed by atoms with Gasteiger partial charge in [-0.05, 0) is 41.1 Å². The minimum atomic E-state index is -4.02. The van der Waals surface area contributed by atoms with Gasteiger partial charge in [-0.25, -0.2) is 13.8 Å². The van der Waals surface area contributed by atoms with Crippen molar-refractivity contribution in [1.29, 1.82) is 0 Å². The van der Waals surface area contributed by atoms with Gasteiger partial charge in [0.1, 0.15) is 11.6 Å². The molecule has 0 saturated carbocycles. The predicted octanol–water partition coefficient (Wildman–Crippen LogP) is 3.71.